The molecule has 5 heteroatoms. The fourth-order valence-corrected chi connectivity index (χ4v) is 3.01. The van der Waals surface area contributed by atoms with Crippen LogP contribution in [0.25, 0.3) is 0 Å². The van der Waals surface area contributed by atoms with Crippen LogP contribution in [0, 0.1) is 0 Å². The summed E-state index contributed by atoms with van der Waals surface area (Å²) < 4.78 is 0. The lowest BCUT2D eigenvalue weighted by molar-refractivity contribution is 0.518. The number of hydrogen-bond donors (Lipinski definition) is 1. The van der Waals surface area contributed by atoms with Gasteiger partial charge in [0, 0.05) is 31.7 Å². The fourth-order valence-electron chi connectivity index (χ4n) is 3.01. The molecule has 1 aromatic carbocycles. The number of rotatable bonds is 1. The van der Waals surface area contributed by atoms with E-state index in [4.69, 9.17) is 9.98 Å². The van der Waals surface area contributed by atoms with E-state index in [-0.39, 0.29) is 24.0 Å². The highest BCUT2D eigenvalue weighted by Crippen LogP contribution is 2.14. The molecule has 2 heterocycles. The predicted molar refractivity (Wildman–Crippen MR) is 109 cm³/mol. The van der Waals surface area contributed by atoms with Crippen LogP contribution in [0.3, 0.4) is 0 Å². The molecule has 1 fully saturated rings. The molecule has 0 unspecified atom stereocenters. The molecule has 1 aromatic rings. The zero-order valence-electron chi connectivity index (χ0n) is 13.7. The van der Waals surface area contributed by atoms with Crippen LogP contribution >= 0.6 is 24.0 Å². The maximum Gasteiger partial charge on any atom is 0.204 e. The molecule has 0 aliphatic carbocycles. The fraction of sp³-hybridized carbons (Fsp3) is 0.556. The summed E-state index contributed by atoms with van der Waals surface area (Å²) in [6.07, 6.45) is 8.53. The second-order valence-corrected chi connectivity index (χ2v) is 6.08. The molecule has 0 saturated carbocycles. The summed E-state index contributed by atoms with van der Waals surface area (Å²) in [4.78, 5) is 11.9. The predicted octanol–water partition coefficient (Wildman–Crippen LogP) is 4.53. The molecule has 3 rings (SSSR count). The molecule has 4 nitrogen and oxygen atoms in total. The standard InChI is InChI=1S/C18H26N4.HI/c1-2-7-13-19-17(12-6-1)21-18(22-14-8-9-15-22)20-16-10-4-3-5-11-16;/h3-5,10-11H,1-2,6-9,12-15H2,(H,19,20,21);1H. The summed E-state index contributed by atoms with van der Waals surface area (Å²) in [5.74, 6) is 1.99. The number of anilines is 1. The van der Waals surface area contributed by atoms with Gasteiger partial charge >= 0.3 is 0 Å². The van der Waals surface area contributed by atoms with Crippen LogP contribution in [0.15, 0.2) is 40.3 Å². The zero-order chi connectivity index (χ0) is 15.0. The monoisotopic (exact) mass is 426 g/mol. The van der Waals surface area contributed by atoms with Crippen LogP contribution in [0.1, 0.15) is 44.9 Å². The Morgan fingerprint density at radius 1 is 0.957 bits per heavy atom. The molecular formula is C18H27IN4. The largest absolute Gasteiger partial charge is 0.342 e. The summed E-state index contributed by atoms with van der Waals surface area (Å²) in [6, 6.07) is 10.3. The lowest BCUT2D eigenvalue weighted by Gasteiger charge is -2.22. The zero-order valence-corrected chi connectivity index (χ0v) is 16.0. The molecular weight excluding hydrogens is 399 g/mol. The molecule has 1 saturated heterocycles. The third kappa shape index (κ3) is 5.79. The molecule has 0 atom stereocenters. The quantitative estimate of drug-likeness (QED) is 0.407. The number of guanidine groups is 1. The molecule has 0 amide bonds. The Balaban J connectivity index is 0.00000192. The van der Waals surface area contributed by atoms with E-state index in [0.29, 0.717) is 0 Å². The van der Waals surface area contributed by atoms with Gasteiger partial charge in [0.15, 0.2) is 0 Å². The van der Waals surface area contributed by atoms with Gasteiger partial charge in [0.2, 0.25) is 5.96 Å². The number of halogens is 1. The van der Waals surface area contributed by atoms with Gasteiger partial charge in [-0.05, 0) is 37.8 Å². The summed E-state index contributed by atoms with van der Waals surface area (Å²) in [7, 11) is 0. The van der Waals surface area contributed by atoms with E-state index in [0.717, 1.165) is 43.5 Å². The number of nitrogens with zero attached hydrogens (tertiary/aromatic N) is 3. The number of benzene rings is 1. The minimum atomic E-state index is 0. The third-order valence-corrected chi connectivity index (χ3v) is 4.27. The Morgan fingerprint density at radius 3 is 2.48 bits per heavy atom. The van der Waals surface area contributed by atoms with E-state index in [1.54, 1.807) is 0 Å². The van der Waals surface area contributed by atoms with E-state index in [2.05, 4.69) is 34.5 Å². The minimum absolute atomic E-state index is 0. The van der Waals surface area contributed by atoms with Crippen molar-refractivity contribution in [3.63, 3.8) is 0 Å². The van der Waals surface area contributed by atoms with E-state index in [1.165, 1.54) is 38.5 Å². The summed E-state index contributed by atoms with van der Waals surface area (Å²) in [6.45, 7) is 3.11. The van der Waals surface area contributed by atoms with Crippen molar-refractivity contribution in [2.45, 2.75) is 44.9 Å². The van der Waals surface area contributed by atoms with Crippen molar-refractivity contribution in [2.75, 3.05) is 25.0 Å². The van der Waals surface area contributed by atoms with Crippen molar-refractivity contribution in [2.24, 2.45) is 9.98 Å². The van der Waals surface area contributed by atoms with E-state index in [9.17, 15) is 0 Å². The first-order chi connectivity index (χ1) is 10.9. The number of nitrogens with one attached hydrogen (secondary N) is 1. The van der Waals surface area contributed by atoms with Gasteiger partial charge in [0.25, 0.3) is 0 Å². The highest BCUT2D eigenvalue weighted by Gasteiger charge is 2.17. The Labute approximate surface area is 156 Å². The first-order valence-electron chi connectivity index (χ1n) is 8.61. The highest BCUT2D eigenvalue weighted by atomic mass is 127. The average Bonchev–Trinajstić information content (AvgIpc) is 3.04. The number of amidine groups is 1. The second-order valence-electron chi connectivity index (χ2n) is 6.08. The van der Waals surface area contributed by atoms with Crippen molar-refractivity contribution < 1.29 is 0 Å². The van der Waals surface area contributed by atoms with Gasteiger partial charge in [0.1, 0.15) is 5.84 Å². The Kier molecular flexibility index (Phi) is 7.85. The van der Waals surface area contributed by atoms with Gasteiger partial charge in [-0.2, -0.15) is 4.99 Å². The molecule has 2 aliphatic heterocycles. The molecule has 0 aromatic heterocycles. The molecule has 1 N–H and O–H groups in total. The number of aliphatic imine (C=N–C) groups is 2. The topological polar surface area (TPSA) is 40.0 Å². The SMILES string of the molecule is I.c1ccc(NC(=NC2=NCCCCCC2)N2CCCC2)cc1. The van der Waals surface area contributed by atoms with Crippen LogP contribution in [0.2, 0.25) is 0 Å². The highest BCUT2D eigenvalue weighted by molar-refractivity contribution is 14.0. The van der Waals surface area contributed by atoms with Crippen LogP contribution in [-0.2, 0) is 0 Å². The van der Waals surface area contributed by atoms with Gasteiger partial charge < -0.3 is 10.2 Å². The van der Waals surface area contributed by atoms with Gasteiger partial charge in [-0.1, -0.05) is 31.0 Å². The second kappa shape index (κ2) is 9.90. The van der Waals surface area contributed by atoms with Gasteiger partial charge in [-0.25, -0.2) is 0 Å². The lowest BCUT2D eigenvalue weighted by atomic mass is 10.1. The molecule has 23 heavy (non-hydrogen) atoms. The van der Waals surface area contributed by atoms with Crippen molar-refractivity contribution >= 4 is 41.5 Å². The van der Waals surface area contributed by atoms with E-state index in [1.807, 2.05) is 6.07 Å². The summed E-state index contributed by atoms with van der Waals surface area (Å²) in [5.41, 5.74) is 1.10. The van der Waals surface area contributed by atoms with Crippen LogP contribution < -0.4 is 5.32 Å². The van der Waals surface area contributed by atoms with Crippen molar-refractivity contribution in [3.05, 3.63) is 30.3 Å². The third-order valence-electron chi connectivity index (χ3n) is 4.27. The molecule has 126 valence electrons. The first-order valence-corrected chi connectivity index (χ1v) is 8.61. The number of hydrogen-bond acceptors (Lipinski definition) is 2. The summed E-state index contributed by atoms with van der Waals surface area (Å²) >= 11 is 0. The number of likely N-dealkylation sites (tertiary alicyclic amines) is 1. The van der Waals surface area contributed by atoms with Crippen LogP contribution in [0.4, 0.5) is 5.69 Å². The van der Waals surface area contributed by atoms with Crippen LogP contribution in [0.5, 0.6) is 0 Å². The summed E-state index contributed by atoms with van der Waals surface area (Å²) in [5, 5.41) is 3.50. The minimum Gasteiger partial charge on any atom is -0.342 e. The lowest BCUT2D eigenvalue weighted by Crippen LogP contribution is -2.34. The molecule has 0 spiro atoms. The van der Waals surface area contributed by atoms with Gasteiger partial charge in [-0.3, -0.25) is 4.99 Å². The number of para-hydroxylation sites is 1. The van der Waals surface area contributed by atoms with Crippen LogP contribution in [-0.4, -0.2) is 36.3 Å². The van der Waals surface area contributed by atoms with Crippen molar-refractivity contribution in [1.82, 2.24) is 4.90 Å². The Bertz CT molecular complexity index is 521. The normalized spacial score (nSPS) is 19.4. The van der Waals surface area contributed by atoms with E-state index < -0.39 is 0 Å². The maximum absolute atomic E-state index is 4.90. The van der Waals surface area contributed by atoms with Crippen molar-refractivity contribution in [1.29, 1.82) is 0 Å². The Hall–Kier alpha value is -1.11. The molecule has 2 aliphatic rings. The average molecular weight is 426 g/mol. The molecule has 0 bridgehead atoms. The Morgan fingerprint density at radius 2 is 1.70 bits per heavy atom. The van der Waals surface area contributed by atoms with Gasteiger partial charge in [0.05, 0.1) is 0 Å². The van der Waals surface area contributed by atoms with Crippen molar-refractivity contribution in [3.8, 4) is 0 Å². The smallest absolute Gasteiger partial charge is 0.204 e. The maximum atomic E-state index is 4.90. The van der Waals surface area contributed by atoms with Gasteiger partial charge in [-0.15, -0.1) is 24.0 Å². The van der Waals surface area contributed by atoms with E-state index >= 15 is 0 Å². The first kappa shape index (κ1) is 18.2. The molecule has 0 radical (unpaired) electrons.